The van der Waals surface area contributed by atoms with Gasteiger partial charge in [-0.1, -0.05) is 23.2 Å². The molecular weight excluding hydrogens is 406 g/mol. The van der Waals surface area contributed by atoms with E-state index in [0.29, 0.717) is 29.5 Å². The van der Waals surface area contributed by atoms with Crippen molar-refractivity contribution in [2.75, 3.05) is 11.4 Å². The lowest BCUT2D eigenvalue weighted by Crippen LogP contribution is -2.30. The summed E-state index contributed by atoms with van der Waals surface area (Å²) in [6.45, 7) is 1.82. The minimum atomic E-state index is -4.80. The second kappa shape index (κ2) is 7.05. The summed E-state index contributed by atoms with van der Waals surface area (Å²) in [7, 11) is 0. The molecule has 142 valence electrons. The monoisotopic (exact) mass is 417 g/mol. The molecule has 0 saturated heterocycles. The number of alkyl halides is 3. The molecule has 1 aliphatic heterocycles. The predicted octanol–water partition coefficient (Wildman–Crippen LogP) is 5.22. The van der Waals surface area contributed by atoms with Gasteiger partial charge in [-0.3, -0.25) is 9.59 Å². The Kier molecular flexibility index (Phi) is 5.10. The number of hydrogen-bond donors (Lipinski definition) is 0. The molecule has 0 aliphatic carbocycles. The molecule has 0 atom stereocenters. The van der Waals surface area contributed by atoms with Crippen molar-refractivity contribution < 1.29 is 27.5 Å². The highest BCUT2D eigenvalue weighted by Gasteiger charge is 2.34. The maximum Gasteiger partial charge on any atom is 0.573 e. The number of anilines is 1. The van der Waals surface area contributed by atoms with Crippen molar-refractivity contribution in [2.24, 2.45) is 0 Å². The zero-order valence-electron chi connectivity index (χ0n) is 13.9. The Bertz CT molecular complexity index is 944. The molecule has 3 rings (SSSR count). The number of benzene rings is 2. The zero-order valence-corrected chi connectivity index (χ0v) is 15.4. The van der Waals surface area contributed by atoms with Gasteiger partial charge in [0, 0.05) is 12.1 Å². The molecule has 1 amide bonds. The standard InChI is InChI=1S/C18H12Cl2F3NO3/c1-9-6-12(27-18(21,22)23)7-10-4-5-24(16(9)10)17(26)14-13(19)3-2-11(8-25)15(14)20/h2-3,6-8H,4-5H2,1H3. The van der Waals surface area contributed by atoms with Crippen molar-refractivity contribution in [3.05, 3.63) is 56.6 Å². The van der Waals surface area contributed by atoms with Gasteiger partial charge < -0.3 is 9.64 Å². The molecule has 27 heavy (non-hydrogen) atoms. The number of carbonyl (C=O) groups excluding carboxylic acids is 2. The van der Waals surface area contributed by atoms with Crippen LogP contribution in [0.15, 0.2) is 24.3 Å². The highest BCUT2D eigenvalue weighted by Crippen LogP contribution is 2.39. The average molecular weight is 418 g/mol. The number of ether oxygens (including phenoxy) is 1. The van der Waals surface area contributed by atoms with E-state index in [-0.39, 0.29) is 33.5 Å². The first-order valence-corrected chi connectivity index (χ1v) is 8.52. The molecule has 1 aliphatic rings. The predicted molar refractivity (Wildman–Crippen MR) is 95.1 cm³/mol. The first kappa shape index (κ1) is 19.5. The minimum Gasteiger partial charge on any atom is -0.406 e. The van der Waals surface area contributed by atoms with E-state index in [9.17, 15) is 22.8 Å². The van der Waals surface area contributed by atoms with Gasteiger partial charge in [-0.2, -0.15) is 0 Å². The van der Waals surface area contributed by atoms with Gasteiger partial charge in [0.05, 0.1) is 21.3 Å². The SMILES string of the molecule is Cc1cc(OC(F)(F)F)cc2c1N(C(=O)c1c(Cl)ccc(C=O)c1Cl)CC2. The Balaban J connectivity index is 2.02. The molecule has 1 heterocycles. The summed E-state index contributed by atoms with van der Waals surface area (Å²) in [5.41, 5.74) is 1.57. The lowest BCUT2D eigenvalue weighted by molar-refractivity contribution is -0.274. The van der Waals surface area contributed by atoms with Gasteiger partial charge in [0.25, 0.3) is 5.91 Å². The van der Waals surface area contributed by atoms with Crippen molar-refractivity contribution in [3.63, 3.8) is 0 Å². The molecule has 0 radical (unpaired) electrons. The third-order valence-electron chi connectivity index (χ3n) is 4.17. The van der Waals surface area contributed by atoms with E-state index >= 15 is 0 Å². The molecule has 2 aromatic carbocycles. The zero-order chi connectivity index (χ0) is 19.9. The number of amides is 1. The van der Waals surface area contributed by atoms with Crippen LogP contribution in [0.3, 0.4) is 0 Å². The van der Waals surface area contributed by atoms with E-state index in [1.165, 1.54) is 29.2 Å². The molecule has 2 aromatic rings. The summed E-state index contributed by atoms with van der Waals surface area (Å²) >= 11 is 12.2. The second-order valence-electron chi connectivity index (χ2n) is 5.95. The smallest absolute Gasteiger partial charge is 0.406 e. The van der Waals surface area contributed by atoms with E-state index in [1.807, 2.05) is 0 Å². The largest absolute Gasteiger partial charge is 0.573 e. The Morgan fingerprint density at radius 3 is 2.59 bits per heavy atom. The quantitative estimate of drug-likeness (QED) is 0.643. The van der Waals surface area contributed by atoms with Gasteiger partial charge in [0.15, 0.2) is 6.29 Å². The van der Waals surface area contributed by atoms with Crippen LogP contribution in [0.5, 0.6) is 5.75 Å². The van der Waals surface area contributed by atoms with Crippen LogP contribution in [0.1, 0.15) is 31.8 Å². The van der Waals surface area contributed by atoms with Gasteiger partial charge in [0.2, 0.25) is 0 Å². The lowest BCUT2D eigenvalue weighted by Gasteiger charge is -2.21. The van der Waals surface area contributed by atoms with Gasteiger partial charge >= 0.3 is 6.36 Å². The Hall–Kier alpha value is -2.25. The molecular formula is C18H12Cl2F3NO3. The normalized spacial score (nSPS) is 13.5. The maximum absolute atomic E-state index is 13.0. The first-order chi connectivity index (χ1) is 12.6. The van der Waals surface area contributed by atoms with Crippen LogP contribution in [0.2, 0.25) is 10.0 Å². The maximum atomic E-state index is 13.0. The number of aldehydes is 1. The van der Waals surface area contributed by atoms with Gasteiger partial charge in [-0.25, -0.2) is 0 Å². The summed E-state index contributed by atoms with van der Waals surface area (Å²) in [5, 5.41) is 0.0179. The Morgan fingerprint density at radius 1 is 1.26 bits per heavy atom. The van der Waals surface area contributed by atoms with E-state index < -0.39 is 12.3 Å². The van der Waals surface area contributed by atoms with Crippen molar-refractivity contribution in [3.8, 4) is 5.75 Å². The second-order valence-corrected chi connectivity index (χ2v) is 6.73. The van der Waals surface area contributed by atoms with Crippen molar-refractivity contribution in [1.29, 1.82) is 0 Å². The number of rotatable bonds is 3. The number of fused-ring (bicyclic) bond motifs is 1. The third-order valence-corrected chi connectivity index (χ3v) is 4.89. The molecule has 0 unspecified atom stereocenters. The fourth-order valence-corrected chi connectivity index (χ4v) is 3.70. The molecule has 0 aromatic heterocycles. The number of carbonyl (C=O) groups is 2. The first-order valence-electron chi connectivity index (χ1n) is 7.76. The van der Waals surface area contributed by atoms with Crippen molar-refractivity contribution in [2.45, 2.75) is 19.7 Å². The van der Waals surface area contributed by atoms with E-state index in [2.05, 4.69) is 4.74 Å². The van der Waals surface area contributed by atoms with E-state index in [1.54, 1.807) is 6.92 Å². The van der Waals surface area contributed by atoms with Gasteiger partial charge in [-0.15, -0.1) is 13.2 Å². The van der Waals surface area contributed by atoms with Crippen LogP contribution in [-0.2, 0) is 6.42 Å². The van der Waals surface area contributed by atoms with Crippen LogP contribution in [0.25, 0.3) is 0 Å². The number of aryl methyl sites for hydroxylation is 1. The highest BCUT2D eigenvalue weighted by atomic mass is 35.5. The molecule has 4 nitrogen and oxygen atoms in total. The number of halogens is 5. The summed E-state index contributed by atoms with van der Waals surface area (Å²) < 4.78 is 41.4. The van der Waals surface area contributed by atoms with Crippen molar-refractivity contribution >= 4 is 41.1 Å². The average Bonchev–Trinajstić information content (AvgIpc) is 2.97. The summed E-state index contributed by atoms with van der Waals surface area (Å²) in [4.78, 5) is 25.5. The Morgan fingerprint density at radius 2 is 1.96 bits per heavy atom. The van der Waals surface area contributed by atoms with Crippen LogP contribution in [0, 0.1) is 6.92 Å². The summed E-state index contributed by atoms with van der Waals surface area (Å²) in [6.07, 6.45) is -3.94. The molecule has 0 spiro atoms. The van der Waals surface area contributed by atoms with Gasteiger partial charge in [-0.05, 0) is 48.7 Å². The van der Waals surface area contributed by atoms with Crippen LogP contribution in [-0.4, -0.2) is 25.1 Å². The molecule has 0 fully saturated rings. The summed E-state index contributed by atoms with van der Waals surface area (Å²) in [6, 6.07) is 5.27. The molecule has 0 N–H and O–H groups in total. The van der Waals surface area contributed by atoms with E-state index in [4.69, 9.17) is 23.2 Å². The van der Waals surface area contributed by atoms with Gasteiger partial charge in [0.1, 0.15) is 5.75 Å². The topological polar surface area (TPSA) is 46.6 Å². The molecule has 0 bridgehead atoms. The third kappa shape index (κ3) is 3.75. The minimum absolute atomic E-state index is 0.0224. The van der Waals surface area contributed by atoms with Crippen molar-refractivity contribution in [1.82, 2.24) is 0 Å². The lowest BCUT2D eigenvalue weighted by atomic mass is 10.1. The highest BCUT2D eigenvalue weighted by molar-refractivity contribution is 6.42. The molecule has 0 saturated carbocycles. The fourth-order valence-electron chi connectivity index (χ4n) is 3.12. The number of hydrogen-bond acceptors (Lipinski definition) is 3. The van der Waals surface area contributed by atoms with Crippen LogP contribution >= 0.6 is 23.2 Å². The van der Waals surface area contributed by atoms with E-state index in [0.717, 1.165) is 0 Å². The number of nitrogens with zero attached hydrogens (tertiary/aromatic N) is 1. The van der Waals surface area contributed by atoms with Crippen LogP contribution in [0.4, 0.5) is 18.9 Å². The molecule has 9 heteroatoms. The fraction of sp³-hybridized carbons (Fsp3) is 0.222. The Labute approximate surface area is 162 Å². The summed E-state index contributed by atoms with van der Waals surface area (Å²) in [5.74, 6) is -0.868. The van der Waals surface area contributed by atoms with Crippen LogP contribution < -0.4 is 9.64 Å².